The maximum absolute atomic E-state index is 13.4. The fraction of sp³-hybridized carbons (Fsp3) is 0.0833. The monoisotopic (exact) mass is 298 g/mol. The van der Waals surface area contributed by atoms with Crippen LogP contribution in [0.15, 0.2) is 24.5 Å². The second-order valence-corrected chi connectivity index (χ2v) is 3.76. The van der Waals surface area contributed by atoms with Crippen LogP contribution in [0.5, 0.6) is 6.01 Å². The van der Waals surface area contributed by atoms with Crippen molar-refractivity contribution in [1.82, 2.24) is 9.97 Å². The molecule has 1 heterocycles. The highest BCUT2D eigenvalue weighted by atomic mass is 19.2. The number of hydrogen-bond acceptors (Lipinski definition) is 4. The first kappa shape index (κ1) is 14.6. The maximum atomic E-state index is 13.4. The summed E-state index contributed by atoms with van der Waals surface area (Å²) in [5, 5.41) is 4.33. The molecule has 1 aromatic heterocycles. The van der Waals surface area contributed by atoms with E-state index in [9.17, 15) is 18.0 Å². The predicted octanol–water partition coefficient (Wildman–Crippen LogP) is 2.55. The van der Waals surface area contributed by atoms with E-state index < -0.39 is 29.2 Å². The number of methoxy groups -OCH3 is 1. The molecule has 0 saturated heterocycles. The standard InChI is InChI=1S/C12H9F3N4O2/c1-21-12-16-4-6(5-17-12)18-11(20)19-8-3-2-7(13)9(14)10(8)15/h2-5H,1H3,(H2,18,19,20). The van der Waals surface area contributed by atoms with Crippen LogP contribution in [0.25, 0.3) is 0 Å². The Morgan fingerprint density at radius 1 is 1.10 bits per heavy atom. The van der Waals surface area contributed by atoms with Gasteiger partial charge in [-0.05, 0) is 12.1 Å². The summed E-state index contributed by atoms with van der Waals surface area (Å²) in [6.07, 6.45) is 2.51. The predicted molar refractivity (Wildman–Crippen MR) is 67.5 cm³/mol. The van der Waals surface area contributed by atoms with Crippen molar-refractivity contribution in [3.63, 3.8) is 0 Å². The van der Waals surface area contributed by atoms with Crippen LogP contribution < -0.4 is 15.4 Å². The Bertz CT molecular complexity index is 664. The van der Waals surface area contributed by atoms with Gasteiger partial charge in [0.1, 0.15) is 0 Å². The summed E-state index contributed by atoms with van der Waals surface area (Å²) in [6.45, 7) is 0. The topological polar surface area (TPSA) is 76.1 Å². The second kappa shape index (κ2) is 6.07. The van der Waals surface area contributed by atoms with E-state index in [0.29, 0.717) is 6.07 Å². The third-order valence-corrected chi connectivity index (χ3v) is 2.35. The Morgan fingerprint density at radius 2 is 1.76 bits per heavy atom. The molecular weight excluding hydrogens is 289 g/mol. The van der Waals surface area contributed by atoms with Crippen LogP contribution in [0, 0.1) is 17.5 Å². The van der Waals surface area contributed by atoms with Gasteiger partial charge >= 0.3 is 12.0 Å². The smallest absolute Gasteiger partial charge is 0.323 e. The minimum absolute atomic E-state index is 0.104. The average molecular weight is 298 g/mol. The Hall–Kier alpha value is -2.84. The Labute approximate surface area is 117 Å². The number of benzene rings is 1. The van der Waals surface area contributed by atoms with Crippen molar-refractivity contribution in [2.45, 2.75) is 0 Å². The Balaban J connectivity index is 2.06. The van der Waals surface area contributed by atoms with Crippen molar-refractivity contribution >= 4 is 17.4 Å². The van der Waals surface area contributed by atoms with E-state index in [0.717, 1.165) is 6.07 Å². The van der Waals surface area contributed by atoms with Crippen molar-refractivity contribution in [2.24, 2.45) is 0 Å². The SMILES string of the molecule is COc1ncc(NC(=O)Nc2ccc(F)c(F)c2F)cn1. The first-order chi connectivity index (χ1) is 10.0. The normalized spacial score (nSPS) is 10.1. The molecule has 0 fully saturated rings. The molecule has 0 bridgehead atoms. The zero-order chi connectivity index (χ0) is 15.4. The summed E-state index contributed by atoms with van der Waals surface area (Å²) in [7, 11) is 1.38. The number of anilines is 2. The van der Waals surface area contributed by atoms with Gasteiger partial charge in [-0.15, -0.1) is 0 Å². The lowest BCUT2D eigenvalue weighted by Crippen LogP contribution is -2.20. The van der Waals surface area contributed by atoms with Gasteiger partial charge in [-0.2, -0.15) is 0 Å². The number of amides is 2. The summed E-state index contributed by atoms with van der Waals surface area (Å²) in [5.74, 6) is -4.50. The fourth-order valence-electron chi connectivity index (χ4n) is 1.39. The van der Waals surface area contributed by atoms with Gasteiger partial charge in [-0.25, -0.2) is 27.9 Å². The third-order valence-electron chi connectivity index (χ3n) is 2.35. The molecule has 6 nitrogen and oxygen atoms in total. The fourth-order valence-corrected chi connectivity index (χ4v) is 1.39. The number of nitrogens with one attached hydrogen (secondary N) is 2. The summed E-state index contributed by atoms with van der Waals surface area (Å²) in [5.41, 5.74) is -0.294. The molecular formula is C12H9F3N4O2. The van der Waals surface area contributed by atoms with E-state index in [1.54, 1.807) is 0 Å². The van der Waals surface area contributed by atoms with Crippen molar-refractivity contribution in [1.29, 1.82) is 0 Å². The number of nitrogens with zero attached hydrogens (tertiary/aromatic N) is 2. The molecule has 21 heavy (non-hydrogen) atoms. The van der Waals surface area contributed by atoms with Gasteiger partial charge in [-0.3, -0.25) is 0 Å². The van der Waals surface area contributed by atoms with Gasteiger partial charge in [0.05, 0.1) is 30.9 Å². The van der Waals surface area contributed by atoms with Crippen LogP contribution in [-0.2, 0) is 0 Å². The molecule has 0 spiro atoms. The molecule has 0 aliphatic carbocycles. The second-order valence-electron chi connectivity index (χ2n) is 3.76. The molecule has 2 amide bonds. The van der Waals surface area contributed by atoms with Crippen molar-refractivity contribution < 1.29 is 22.7 Å². The Kier molecular flexibility index (Phi) is 4.21. The number of aromatic nitrogens is 2. The van der Waals surface area contributed by atoms with Gasteiger partial charge in [0.25, 0.3) is 0 Å². The molecule has 0 saturated carbocycles. The summed E-state index contributed by atoms with van der Waals surface area (Å²) in [4.78, 5) is 19.1. The van der Waals surface area contributed by atoms with Gasteiger partial charge < -0.3 is 15.4 Å². The summed E-state index contributed by atoms with van der Waals surface area (Å²) < 4.78 is 43.8. The summed E-state index contributed by atoms with van der Waals surface area (Å²) >= 11 is 0. The van der Waals surface area contributed by atoms with Crippen molar-refractivity contribution in [2.75, 3.05) is 17.7 Å². The number of ether oxygens (including phenoxy) is 1. The van der Waals surface area contributed by atoms with E-state index >= 15 is 0 Å². The van der Waals surface area contributed by atoms with Gasteiger partial charge in [0.2, 0.25) is 0 Å². The lowest BCUT2D eigenvalue weighted by molar-refractivity contribution is 0.262. The molecule has 0 aliphatic heterocycles. The Morgan fingerprint density at radius 3 is 2.38 bits per heavy atom. The number of carbonyl (C=O) groups is 1. The lowest BCUT2D eigenvalue weighted by atomic mass is 10.3. The summed E-state index contributed by atoms with van der Waals surface area (Å²) in [6, 6.07) is 0.837. The van der Waals surface area contributed by atoms with Gasteiger partial charge in [0, 0.05) is 0 Å². The van der Waals surface area contributed by atoms with Crippen LogP contribution in [0.4, 0.5) is 29.3 Å². The van der Waals surface area contributed by atoms with Gasteiger partial charge in [-0.1, -0.05) is 0 Å². The molecule has 0 unspecified atom stereocenters. The van der Waals surface area contributed by atoms with Crippen molar-refractivity contribution in [3.8, 4) is 6.01 Å². The maximum Gasteiger partial charge on any atom is 0.323 e. The molecule has 1 aromatic carbocycles. The van der Waals surface area contributed by atoms with Crippen LogP contribution in [0.2, 0.25) is 0 Å². The molecule has 0 radical (unpaired) electrons. The molecule has 0 atom stereocenters. The average Bonchev–Trinajstić information content (AvgIpc) is 2.49. The first-order valence-corrected chi connectivity index (χ1v) is 5.59. The zero-order valence-corrected chi connectivity index (χ0v) is 10.7. The van der Waals surface area contributed by atoms with Crippen LogP contribution in [-0.4, -0.2) is 23.1 Å². The number of rotatable bonds is 3. The molecule has 9 heteroatoms. The van der Waals surface area contributed by atoms with E-state index in [1.807, 2.05) is 5.32 Å². The van der Waals surface area contributed by atoms with Crippen LogP contribution >= 0.6 is 0 Å². The van der Waals surface area contributed by atoms with Gasteiger partial charge in [0.15, 0.2) is 17.5 Å². The number of urea groups is 1. The first-order valence-electron chi connectivity index (χ1n) is 5.59. The minimum Gasteiger partial charge on any atom is -0.467 e. The van der Waals surface area contributed by atoms with Crippen LogP contribution in [0.1, 0.15) is 0 Å². The number of carbonyl (C=O) groups excluding carboxylic acids is 1. The lowest BCUT2D eigenvalue weighted by Gasteiger charge is -2.08. The highest BCUT2D eigenvalue weighted by molar-refractivity contribution is 5.99. The largest absolute Gasteiger partial charge is 0.467 e. The van der Waals surface area contributed by atoms with E-state index in [4.69, 9.17) is 4.74 Å². The molecule has 110 valence electrons. The van der Waals surface area contributed by atoms with E-state index in [-0.39, 0.29) is 11.7 Å². The van der Waals surface area contributed by atoms with Crippen LogP contribution in [0.3, 0.4) is 0 Å². The van der Waals surface area contributed by atoms with E-state index in [2.05, 4.69) is 15.3 Å². The van der Waals surface area contributed by atoms with E-state index in [1.165, 1.54) is 19.5 Å². The number of hydrogen-bond donors (Lipinski definition) is 2. The number of halogens is 3. The molecule has 0 aliphatic rings. The molecule has 2 aromatic rings. The molecule has 2 N–H and O–H groups in total. The highest BCUT2D eigenvalue weighted by Crippen LogP contribution is 2.19. The minimum atomic E-state index is -1.67. The third kappa shape index (κ3) is 3.38. The zero-order valence-electron chi connectivity index (χ0n) is 10.7. The van der Waals surface area contributed by atoms with Crippen molar-refractivity contribution in [3.05, 3.63) is 42.0 Å². The molecule has 2 rings (SSSR count). The highest BCUT2D eigenvalue weighted by Gasteiger charge is 2.15. The quantitative estimate of drug-likeness (QED) is 0.854.